The first kappa shape index (κ1) is 22.2. The van der Waals surface area contributed by atoms with E-state index in [1.54, 1.807) is 0 Å². The molecule has 1 aliphatic rings. The third kappa shape index (κ3) is 5.16. The molecular weight excluding hydrogens is 438 g/mol. The summed E-state index contributed by atoms with van der Waals surface area (Å²) < 4.78 is 84.1. The molecule has 30 heavy (non-hydrogen) atoms. The summed E-state index contributed by atoms with van der Waals surface area (Å²) in [5.41, 5.74) is -3.75. The minimum Gasteiger partial charge on any atom is -0.487 e. The number of aromatic nitrogens is 1. The number of amides is 1. The molecule has 2 aromatic rings. The number of ether oxygens (including phenoxy) is 1. The highest BCUT2D eigenvalue weighted by atomic mass is 35.5. The number of hydrogen-bond donors (Lipinski definition) is 0. The quantitative estimate of drug-likeness (QED) is 0.581. The van der Waals surface area contributed by atoms with Gasteiger partial charge in [0.2, 0.25) is 0 Å². The Labute approximate surface area is 172 Å². The highest BCUT2D eigenvalue weighted by Crippen LogP contribution is 2.36. The van der Waals surface area contributed by atoms with E-state index in [-0.39, 0.29) is 24.2 Å². The Morgan fingerprint density at radius 3 is 2.30 bits per heavy atom. The van der Waals surface area contributed by atoms with Crippen LogP contribution >= 0.6 is 11.6 Å². The van der Waals surface area contributed by atoms with Gasteiger partial charge in [0.1, 0.15) is 16.9 Å². The summed E-state index contributed by atoms with van der Waals surface area (Å²) >= 11 is 5.98. The second kappa shape index (κ2) is 8.33. The first-order chi connectivity index (χ1) is 13.9. The molecule has 0 aliphatic carbocycles. The smallest absolute Gasteiger partial charge is 0.416 e. The van der Waals surface area contributed by atoms with Crippen molar-refractivity contribution in [2.24, 2.45) is 0 Å². The summed E-state index contributed by atoms with van der Waals surface area (Å²) in [6, 6.07) is 2.37. The zero-order chi connectivity index (χ0) is 22.1. The number of pyridine rings is 1. The maximum Gasteiger partial charge on any atom is 0.416 e. The number of nitrogens with zero attached hydrogens (tertiary/aromatic N) is 2. The Bertz CT molecular complexity index is 900. The van der Waals surface area contributed by atoms with Crippen molar-refractivity contribution in [2.75, 3.05) is 13.1 Å². The van der Waals surface area contributed by atoms with Crippen LogP contribution in [0.4, 0.5) is 26.3 Å². The Morgan fingerprint density at radius 2 is 1.73 bits per heavy atom. The van der Waals surface area contributed by atoms with Crippen LogP contribution in [0.5, 0.6) is 5.75 Å². The molecule has 4 nitrogen and oxygen atoms in total. The van der Waals surface area contributed by atoms with E-state index in [0.717, 1.165) is 0 Å². The predicted molar refractivity (Wildman–Crippen MR) is 95.2 cm³/mol. The van der Waals surface area contributed by atoms with Gasteiger partial charge in [0.25, 0.3) is 5.91 Å². The third-order valence-corrected chi connectivity index (χ3v) is 4.81. The van der Waals surface area contributed by atoms with Crippen LogP contribution in [0, 0.1) is 0 Å². The fourth-order valence-corrected chi connectivity index (χ4v) is 3.28. The molecule has 2 heterocycles. The van der Waals surface area contributed by atoms with Gasteiger partial charge in [-0.3, -0.25) is 9.78 Å². The van der Waals surface area contributed by atoms with Gasteiger partial charge >= 0.3 is 12.4 Å². The summed E-state index contributed by atoms with van der Waals surface area (Å²) in [6.45, 7) is 0.176. The minimum absolute atomic E-state index is 0.00488. The molecule has 1 saturated heterocycles. The first-order valence-electron chi connectivity index (χ1n) is 8.80. The number of alkyl halides is 6. The van der Waals surface area contributed by atoms with Gasteiger partial charge in [0.15, 0.2) is 0 Å². The molecular formula is C19H15ClF6N2O2. The van der Waals surface area contributed by atoms with Crippen molar-refractivity contribution in [2.45, 2.75) is 31.3 Å². The van der Waals surface area contributed by atoms with Crippen LogP contribution in [0.15, 0.2) is 36.7 Å². The molecule has 11 heteroatoms. The van der Waals surface area contributed by atoms with Crippen molar-refractivity contribution in [3.05, 3.63) is 58.4 Å². The Morgan fingerprint density at radius 1 is 1.10 bits per heavy atom. The second-order valence-electron chi connectivity index (χ2n) is 6.73. The largest absolute Gasteiger partial charge is 0.487 e. The summed E-state index contributed by atoms with van der Waals surface area (Å²) in [5, 5.41) is 0.244. The average molecular weight is 453 g/mol. The van der Waals surface area contributed by atoms with Crippen LogP contribution in [-0.4, -0.2) is 35.0 Å². The Kier molecular flexibility index (Phi) is 6.16. The lowest BCUT2D eigenvalue weighted by molar-refractivity contribution is -0.143. The number of rotatable bonds is 3. The fraction of sp³-hybridized carbons (Fsp3) is 0.368. The van der Waals surface area contributed by atoms with Crippen molar-refractivity contribution in [1.82, 2.24) is 9.88 Å². The van der Waals surface area contributed by atoms with Gasteiger partial charge in [-0.1, -0.05) is 11.6 Å². The normalized spacial score (nSPS) is 17.7. The lowest BCUT2D eigenvalue weighted by atomic mass is 10.0. The number of hydrogen-bond acceptors (Lipinski definition) is 3. The van der Waals surface area contributed by atoms with E-state index in [1.807, 2.05) is 0 Å². The number of halogens is 7. The van der Waals surface area contributed by atoms with Gasteiger partial charge < -0.3 is 9.64 Å². The molecule has 0 radical (unpaired) electrons. The van der Waals surface area contributed by atoms with Crippen LogP contribution in [0.25, 0.3) is 0 Å². The number of piperidine rings is 1. The summed E-state index contributed by atoms with van der Waals surface area (Å²) in [7, 11) is 0. The topological polar surface area (TPSA) is 42.4 Å². The summed E-state index contributed by atoms with van der Waals surface area (Å²) in [4.78, 5) is 17.7. The van der Waals surface area contributed by atoms with Gasteiger partial charge in [-0.05, 0) is 31.0 Å². The van der Waals surface area contributed by atoms with E-state index in [9.17, 15) is 31.1 Å². The lowest BCUT2D eigenvalue weighted by Gasteiger charge is -2.33. The molecule has 1 atom stereocenters. The SMILES string of the molecule is O=C(c1cc(C(F)(F)F)cc(C(F)(F)F)c1)N1CCCC(Oc2ccncc2Cl)C1. The number of likely N-dealkylation sites (tertiary alicyclic amines) is 1. The van der Waals surface area contributed by atoms with Crippen LogP contribution < -0.4 is 4.74 Å². The Balaban J connectivity index is 1.84. The van der Waals surface area contributed by atoms with Gasteiger partial charge in [-0.2, -0.15) is 26.3 Å². The minimum atomic E-state index is -5.03. The highest BCUT2D eigenvalue weighted by Gasteiger charge is 2.38. The van der Waals surface area contributed by atoms with E-state index in [1.165, 1.54) is 23.4 Å². The number of benzene rings is 1. The molecule has 1 amide bonds. The molecule has 0 saturated carbocycles. The zero-order valence-corrected chi connectivity index (χ0v) is 16.0. The lowest BCUT2D eigenvalue weighted by Crippen LogP contribution is -2.44. The van der Waals surface area contributed by atoms with E-state index >= 15 is 0 Å². The van der Waals surface area contributed by atoms with E-state index in [2.05, 4.69) is 4.98 Å². The van der Waals surface area contributed by atoms with Gasteiger partial charge in [0.05, 0.1) is 17.7 Å². The predicted octanol–water partition coefficient (Wildman–Crippen LogP) is 5.46. The zero-order valence-electron chi connectivity index (χ0n) is 15.2. The maximum absolute atomic E-state index is 13.1. The highest BCUT2D eigenvalue weighted by molar-refractivity contribution is 6.31. The van der Waals surface area contributed by atoms with Crippen molar-refractivity contribution < 1.29 is 35.9 Å². The van der Waals surface area contributed by atoms with Crippen molar-refractivity contribution in [3.8, 4) is 5.75 Å². The summed E-state index contributed by atoms with van der Waals surface area (Å²) in [6.07, 6.45) is -6.75. The first-order valence-corrected chi connectivity index (χ1v) is 9.18. The molecule has 1 unspecified atom stereocenters. The average Bonchev–Trinajstić information content (AvgIpc) is 2.68. The molecule has 0 N–H and O–H groups in total. The van der Waals surface area contributed by atoms with E-state index in [4.69, 9.17) is 16.3 Å². The van der Waals surface area contributed by atoms with E-state index in [0.29, 0.717) is 30.7 Å². The monoisotopic (exact) mass is 452 g/mol. The summed E-state index contributed by atoms with van der Waals surface area (Å²) in [5.74, 6) is -0.606. The van der Waals surface area contributed by atoms with Crippen LogP contribution in [-0.2, 0) is 12.4 Å². The molecule has 0 spiro atoms. The van der Waals surface area contributed by atoms with Crippen LogP contribution in [0.2, 0.25) is 5.02 Å². The van der Waals surface area contributed by atoms with Crippen LogP contribution in [0.3, 0.4) is 0 Å². The molecule has 3 rings (SSSR count). The van der Waals surface area contributed by atoms with Crippen molar-refractivity contribution in [3.63, 3.8) is 0 Å². The Hall–Kier alpha value is -2.49. The van der Waals surface area contributed by atoms with Crippen molar-refractivity contribution >= 4 is 17.5 Å². The third-order valence-electron chi connectivity index (χ3n) is 4.53. The maximum atomic E-state index is 13.1. The number of carbonyl (C=O) groups is 1. The van der Waals surface area contributed by atoms with Gasteiger partial charge in [-0.15, -0.1) is 0 Å². The van der Waals surface area contributed by atoms with Gasteiger partial charge in [0, 0.05) is 30.6 Å². The molecule has 162 valence electrons. The second-order valence-corrected chi connectivity index (χ2v) is 7.14. The standard InChI is InChI=1S/C19H15ClF6N2O2/c20-15-9-27-4-3-16(15)30-14-2-1-5-28(10-14)17(29)11-6-12(18(21,22)23)8-13(7-11)19(24,25)26/h3-4,6-9,14H,1-2,5,10H2. The fourth-order valence-electron chi connectivity index (χ4n) is 3.12. The van der Waals surface area contributed by atoms with Gasteiger partial charge in [-0.25, -0.2) is 0 Å². The molecule has 1 fully saturated rings. The molecule has 1 aromatic heterocycles. The molecule has 1 aromatic carbocycles. The van der Waals surface area contributed by atoms with E-state index < -0.39 is 41.1 Å². The van der Waals surface area contributed by atoms with Crippen molar-refractivity contribution in [1.29, 1.82) is 0 Å². The molecule has 1 aliphatic heterocycles. The molecule has 0 bridgehead atoms. The van der Waals surface area contributed by atoms with Crippen LogP contribution in [0.1, 0.15) is 34.3 Å². The number of carbonyl (C=O) groups excluding carboxylic acids is 1.